The molecule has 3 amide bonds. The summed E-state index contributed by atoms with van der Waals surface area (Å²) >= 11 is 0. The van der Waals surface area contributed by atoms with Crippen LogP contribution in [0.4, 0.5) is 11.4 Å². The molecular weight excluding hydrogens is 364 g/mol. The van der Waals surface area contributed by atoms with E-state index >= 15 is 0 Å². The van der Waals surface area contributed by atoms with Crippen molar-refractivity contribution in [3.05, 3.63) is 59.7 Å². The zero-order valence-electron chi connectivity index (χ0n) is 16.9. The molecule has 1 aliphatic carbocycles. The molecule has 0 bridgehead atoms. The van der Waals surface area contributed by atoms with E-state index in [1.165, 1.54) is 4.90 Å². The van der Waals surface area contributed by atoms with Crippen LogP contribution < -0.4 is 10.2 Å². The fourth-order valence-electron chi connectivity index (χ4n) is 4.58. The summed E-state index contributed by atoms with van der Waals surface area (Å²) in [7, 11) is 0. The average Bonchev–Trinajstić information content (AvgIpc) is 2.98. The molecule has 4 rings (SSSR count). The second-order valence-electron chi connectivity index (χ2n) is 8.16. The summed E-state index contributed by atoms with van der Waals surface area (Å²) in [4.78, 5) is 40.0. The summed E-state index contributed by atoms with van der Waals surface area (Å²) < 4.78 is 0. The van der Waals surface area contributed by atoms with Crippen molar-refractivity contribution >= 4 is 29.1 Å². The number of nitrogens with zero attached hydrogens (tertiary/aromatic N) is 1. The Bertz CT molecular complexity index is 968. The van der Waals surface area contributed by atoms with Gasteiger partial charge in [0.15, 0.2) is 0 Å². The highest BCUT2D eigenvalue weighted by molar-refractivity contribution is 6.22. The third kappa shape index (κ3) is 3.57. The van der Waals surface area contributed by atoms with E-state index in [-0.39, 0.29) is 29.6 Å². The fraction of sp³-hybridized carbons (Fsp3) is 0.375. The maximum atomic E-state index is 13.0. The molecule has 2 aromatic carbocycles. The molecule has 1 saturated carbocycles. The van der Waals surface area contributed by atoms with Crippen molar-refractivity contribution in [1.82, 2.24) is 0 Å². The molecule has 150 valence electrons. The van der Waals surface area contributed by atoms with Crippen molar-refractivity contribution in [1.29, 1.82) is 0 Å². The Hall–Kier alpha value is -2.95. The van der Waals surface area contributed by atoms with Gasteiger partial charge in [-0.05, 0) is 61.4 Å². The van der Waals surface area contributed by atoms with Crippen LogP contribution in [0.2, 0.25) is 0 Å². The number of carbonyl (C=O) groups excluding carboxylic acids is 3. The lowest BCUT2D eigenvalue weighted by atomic mass is 9.76. The van der Waals surface area contributed by atoms with Gasteiger partial charge in [0, 0.05) is 11.3 Å². The first kappa shape index (κ1) is 19.4. The largest absolute Gasteiger partial charge is 0.322 e. The Morgan fingerprint density at radius 2 is 1.79 bits per heavy atom. The zero-order valence-corrected chi connectivity index (χ0v) is 16.9. The first-order chi connectivity index (χ1) is 14.0. The molecule has 5 heteroatoms. The van der Waals surface area contributed by atoms with Gasteiger partial charge in [-0.3, -0.25) is 19.3 Å². The smallest absolute Gasteiger partial charge is 0.255 e. The Morgan fingerprint density at radius 1 is 1.03 bits per heavy atom. The molecule has 2 fully saturated rings. The lowest BCUT2D eigenvalue weighted by Crippen LogP contribution is -2.31. The molecular formula is C24H26N2O3. The van der Waals surface area contributed by atoms with Gasteiger partial charge in [0.25, 0.3) is 5.91 Å². The highest BCUT2D eigenvalue weighted by Crippen LogP contribution is 2.42. The van der Waals surface area contributed by atoms with Crippen LogP contribution in [-0.4, -0.2) is 17.7 Å². The van der Waals surface area contributed by atoms with Crippen LogP contribution in [-0.2, 0) is 16.0 Å². The van der Waals surface area contributed by atoms with E-state index in [2.05, 4.69) is 12.2 Å². The normalized spacial score (nSPS) is 23.8. The number of carbonyl (C=O) groups is 3. The summed E-state index contributed by atoms with van der Waals surface area (Å²) in [6.45, 7) is 4.17. The number of anilines is 2. The lowest BCUT2D eigenvalue weighted by Gasteiger charge is -2.25. The minimum absolute atomic E-state index is 0.124. The Balaban J connectivity index is 1.58. The SMILES string of the molecule is CCc1ccccc1NC(=O)c1cccc(N2C(=O)[C@@H]3CC[C@H](C)C[C@H]3C2=O)c1. The summed E-state index contributed by atoms with van der Waals surface area (Å²) in [6.07, 6.45) is 3.32. The standard InChI is InChI=1S/C24H26N2O3/c1-3-16-7-4-5-10-21(16)25-22(27)17-8-6-9-18(14-17)26-23(28)19-12-11-15(2)13-20(19)24(26)29/h4-10,14-15,19-20H,3,11-13H2,1-2H3,(H,25,27)/t15-,19+,20+/m0/s1. The minimum atomic E-state index is -0.252. The third-order valence-corrected chi connectivity index (χ3v) is 6.20. The molecule has 0 spiro atoms. The van der Waals surface area contributed by atoms with E-state index in [1.54, 1.807) is 24.3 Å². The summed E-state index contributed by atoms with van der Waals surface area (Å²) in [5, 5.41) is 2.95. The second kappa shape index (κ2) is 7.82. The number of imide groups is 1. The molecule has 29 heavy (non-hydrogen) atoms. The van der Waals surface area contributed by atoms with Crippen LogP contribution in [0.25, 0.3) is 0 Å². The monoisotopic (exact) mass is 390 g/mol. The number of amides is 3. The molecule has 2 aliphatic rings. The molecule has 1 N–H and O–H groups in total. The molecule has 1 saturated heterocycles. The van der Waals surface area contributed by atoms with E-state index in [0.717, 1.165) is 36.9 Å². The minimum Gasteiger partial charge on any atom is -0.322 e. The van der Waals surface area contributed by atoms with Gasteiger partial charge in [0.2, 0.25) is 11.8 Å². The summed E-state index contributed by atoms with van der Waals surface area (Å²) in [5.41, 5.74) is 2.74. The van der Waals surface area contributed by atoms with E-state index in [0.29, 0.717) is 17.2 Å². The first-order valence-corrected chi connectivity index (χ1v) is 10.4. The molecule has 1 aliphatic heterocycles. The van der Waals surface area contributed by atoms with Gasteiger partial charge >= 0.3 is 0 Å². The van der Waals surface area contributed by atoms with Crippen molar-refractivity contribution in [2.45, 2.75) is 39.5 Å². The molecule has 0 radical (unpaired) electrons. The molecule has 0 aromatic heterocycles. The predicted molar refractivity (Wildman–Crippen MR) is 113 cm³/mol. The van der Waals surface area contributed by atoms with Crippen LogP contribution in [0, 0.1) is 17.8 Å². The van der Waals surface area contributed by atoms with Gasteiger partial charge in [-0.1, -0.05) is 38.1 Å². The van der Waals surface area contributed by atoms with Crippen LogP contribution in [0.5, 0.6) is 0 Å². The number of hydrogen-bond donors (Lipinski definition) is 1. The number of nitrogens with one attached hydrogen (secondary N) is 1. The third-order valence-electron chi connectivity index (χ3n) is 6.20. The van der Waals surface area contributed by atoms with Gasteiger partial charge in [-0.2, -0.15) is 0 Å². The van der Waals surface area contributed by atoms with Crippen molar-refractivity contribution in [2.75, 3.05) is 10.2 Å². The number of hydrogen-bond acceptors (Lipinski definition) is 3. The Morgan fingerprint density at radius 3 is 2.59 bits per heavy atom. The first-order valence-electron chi connectivity index (χ1n) is 10.4. The number of aryl methyl sites for hydroxylation is 1. The topological polar surface area (TPSA) is 66.5 Å². The van der Waals surface area contributed by atoms with E-state index in [9.17, 15) is 14.4 Å². The number of fused-ring (bicyclic) bond motifs is 1. The fourth-order valence-corrected chi connectivity index (χ4v) is 4.58. The quantitative estimate of drug-likeness (QED) is 0.786. The molecule has 2 aromatic rings. The van der Waals surface area contributed by atoms with Crippen molar-refractivity contribution in [3.63, 3.8) is 0 Å². The van der Waals surface area contributed by atoms with Gasteiger partial charge in [-0.25, -0.2) is 0 Å². The van der Waals surface area contributed by atoms with E-state index < -0.39 is 0 Å². The highest BCUT2D eigenvalue weighted by Gasteiger charge is 2.50. The van der Waals surface area contributed by atoms with E-state index in [4.69, 9.17) is 0 Å². The molecule has 3 atom stereocenters. The van der Waals surface area contributed by atoms with Gasteiger partial charge < -0.3 is 5.32 Å². The van der Waals surface area contributed by atoms with Crippen LogP contribution in [0.15, 0.2) is 48.5 Å². The maximum absolute atomic E-state index is 13.0. The van der Waals surface area contributed by atoms with Crippen LogP contribution in [0.3, 0.4) is 0 Å². The summed E-state index contributed by atoms with van der Waals surface area (Å²) in [5.74, 6) is -0.476. The van der Waals surface area contributed by atoms with Crippen LogP contribution in [0.1, 0.15) is 49.0 Å². The average molecular weight is 390 g/mol. The predicted octanol–water partition coefficient (Wildman–Crippen LogP) is 4.43. The number of benzene rings is 2. The van der Waals surface area contributed by atoms with Crippen molar-refractivity contribution in [2.24, 2.45) is 17.8 Å². The Labute approximate surface area is 171 Å². The van der Waals surface area contributed by atoms with Crippen molar-refractivity contribution < 1.29 is 14.4 Å². The van der Waals surface area contributed by atoms with Crippen molar-refractivity contribution in [3.8, 4) is 0 Å². The summed E-state index contributed by atoms with van der Waals surface area (Å²) in [6, 6.07) is 14.5. The number of rotatable bonds is 4. The van der Waals surface area contributed by atoms with Gasteiger partial charge in [-0.15, -0.1) is 0 Å². The molecule has 1 heterocycles. The Kier molecular flexibility index (Phi) is 5.22. The molecule has 5 nitrogen and oxygen atoms in total. The van der Waals surface area contributed by atoms with Gasteiger partial charge in [0.1, 0.15) is 0 Å². The zero-order chi connectivity index (χ0) is 20.5. The van der Waals surface area contributed by atoms with E-state index in [1.807, 2.05) is 31.2 Å². The lowest BCUT2D eigenvalue weighted by molar-refractivity contribution is -0.122. The molecule has 0 unspecified atom stereocenters. The maximum Gasteiger partial charge on any atom is 0.255 e. The number of para-hydroxylation sites is 1. The second-order valence-corrected chi connectivity index (χ2v) is 8.16. The van der Waals surface area contributed by atoms with Crippen LogP contribution >= 0.6 is 0 Å². The van der Waals surface area contributed by atoms with Gasteiger partial charge in [0.05, 0.1) is 17.5 Å². The highest BCUT2D eigenvalue weighted by atomic mass is 16.2.